The van der Waals surface area contributed by atoms with Gasteiger partial charge in [0, 0.05) is 33.3 Å². The van der Waals surface area contributed by atoms with Crippen LogP contribution in [-0.4, -0.2) is 107 Å². The Morgan fingerprint density at radius 1 is 1.02 bits per heavy atom. The lowest BCUT2D eigenvalue weighted by Gasteiger charge is -2.38. The maximum absolute atomic E-state index is 14.4. The zero-order valence-corrected chi connectivity index (χ0v) is 31.7. The molecule has 1 unspecified atom stereocenters. The van der Waals surface area contributed by atoms with E-state index in [4.69, 9.17) is 9.94 Å². The van der Waals surface area contributed by atoms with Gasteiger partial charge in [-0.05, 0) is 53.1 Å². The third-order valence-electron chi connectivity index (χ3n) is 8.79. The molecule has 0 spiro atoms. The largest absolute Gasteiger partial charge is 0.411 e. The number of rotatable bonds is 17. The third kappa shape index (κ3) is 10.6. The number of amides is 3. The van der Waals surface area contributed by atoms with Crippen LogP contribution >= 0.6 is 0 Å². The van der Waals surface area contributed by atoms with Gasteiger partial charge in [0.1, 0.15) is 6.04 Å². The van der Waals surface area contributed by atoms with Crippen LogP contribution in [0.4, 0.5) is 4.79 Å². The quantitative estimate of drug-likeness (QED) is 0.106. The number of benzene rings is 2. The van der Waals surface area contributed by atoms with Crippen molar-refractivity contribution in [3.63, 3.8) is 0 Å². The lowest BCUT2D eigenvalue weighted by molar-refractivity contribution is -0.130. The van der Waals surface area contributed by atoms with Gasteiger partial charge in [0.25, 0.3) is 0 Å². The van der Waals surface area contributed by atoms with Crippen LogP contribution in [-0.2, 0) is 39.1 Å². The first kappa shape index (κ1) is 40.4. The molecule has 282 valence electrons. The van der Waals surface area contributed by atoms with Gasteiger partial charge in [-0.15, -0.1) is 0 Å². The molecule has 1 aliphatic rings. The SMILES string of the molecule is COCc1cccc(CN2CCN(C(C(=O)N[C@@H](Cc3ccccc3)[C@H](O)CN(CC(C)C)S(=O)(=O)c3ccc(/C=N/O)cc3)C(C)(C)C)C2=O)n1. The summed E-state index contributed by atoms with van der Waals surface area (Å²) in [5.74, 6) is -0.515. The van der Waals surface area contributed by atoms with E-state index in [1.807, 2.05) is 83.1 Å². The van der Waals surface area contributed by atoms with Gasteiger partial charge in [-0.1, -0.05) is 88.3 Å². The highest BCUT2D eigenvalue weighted by Crippen LogP contribution is 2.29. The summed E-state index contributed by atoms with van der Waals surface area (Å²) in [7, 11) is -2.48. The number of hydrogen-bond acceptors (Lipinski definition) is 9. The molecule has 0 bridgehead atoms. The minimum Gasteiger partial charge on any atom is -0.411 e. The summed E-state index contributed by atoms with van der Waals surface area (Å²) in [5, 5.41) is 26.7. The minimum absolute atomic E-state index is 0.0182. The first-order valence-electron chi connectivity index (χ1n) is 17.4. The molecule has 1 aromatic heterocycles. The molecule has 3 amide bonds. The summed E-state index contributed by atoms with van der Waals surface area (Å²) in [6.45, 7) is 10.6. The molecule has 2 aromatic carbocycles. The molecular weight excluding hydrogens is 685 g/mol. The highest BCUT2D eigenvalue weighted by molar-refractivity contribution is 7.89. The number of ether oxygens (including phenoxy) is 1. The number of urea groups is 1. The van der Waals surface area contributed by atoms with Gasteiger partial charge in [-0.2, -0.15) is 4.31 Å². The van der Waals surface area contributed by atoms with Crippen molar-refractivity contribution in [1.82, 2.24) is 24.4 Å². The molecule has 3 aromatic rings. The summed E-state index contributed by atoms with van der Waals surface area (Å²) < 4.78 is 34.3. The molecule has 1 fully saturated rings. The number of aromatic nitrogens is 1. The van der Waals surface area contributed by atoms with Crippen molar-refractivity contribution in [3.05, 3.63) is 95.3 Å². The van der Waals surface area contributed by atoms with Crippen LogP contribution in [0.2, 0.25) is 0 Å². The van der Waals surface area contributed by atoms with Crippen molar-refractivity contribution < 1.29 is 33.1 Å². The van der Waals surface area contributed by atoms with Crippen LogP contribution in [0.25, 0.3) is 0 Å². The molecule has 0 saturated carbocycles. The molecule has 2 heterocycles. The molecular formula is C38H52N6O7S. The molecule has 0 radical (unpaired) electrons. The minimum atomic E-state index is -4.07. The van der Waals surface area contributed by atoms with Crippen molar-refractivity contribution >= 4 is 28.2 Å². The average molecular weight is 737 g/mol. The number of oxime groups is 1. The zero-order chi connectivity index (χ0) is 38.1. The lowest BCUT2D eigenvalue weighted by Crippen LogP contribution is -2.59. The molecule has 1 saturated heterocycles. The second-order valence-electron chi connectivity index (χ2n) is 14.6. The second-order valence-corrected chi connectivity index (χ2v) is 16.6. The van der Waals surface area contributed by atoms with E-state index in [2.05, 4.69) is 15.5 Å². The number of nitrogens with zero attached hydrogens (tertiary/aromatic N) is 5. The van der Waals surface area contributed by atoms with Crippen LogP contribution in [0.5, 0.6) is 0 Å². The number of carbonyl (C=O) groups is 2. The first-order chi connectivity index (χ1) is 24.6. The third-order valence-corrected chi connectivity index (χ3v) is 10.6. The Bertz CT molecular complexity index is 1760. The molecule has 1 aliphatic heterocycles. The number of hydrogen-bond donors (Lipinski definition) is 3. The zero-order valence-electron chi connectivity index (χ0n) is 30.8. The van der Waals surface area contributed by atoms with Gasteiger partial charge in [0.2, 0.25) is 15.9 Å². The molecule has 3 N–H and O–H groups in total. The summed E-state index contributed by atoms with van der Waals surface area (Å²) in [5.41, 5.74) is 2.13. The second kappa shape index (κ2) is 17.9. The molecule has 52 heavy (non-hydrogen) atoms. The summed E-state index contributed by atoms with van der Waals surface area (Å²) in [4.78, 5) is 36.1. The number of nitrogens with one attached hydrogen (secondary N) is 1. The van der Waals surface area contributed by atoms with Crippen LogP contribution in [0, 0.1) is 11.3 Å². The summed E-state index contributed by atoms with van der Waals surface area (Å²) >= 11 is 0. The number of aliphatic hydroxyl groups excluding tert-OH is 1. The van der Waals surface area contributed by atoms with E-state index in [1.54, 1.807) is 16.9 Å². The van der Waals surface area contributed by atoms with Gasteiger partial charge < -0.3 is 30.2 Å². The highest BCUT2D eigenvalue weighted by atomic mass is 32.2. The maximum atomic E-state index is 14.4. The van der Waals surface area contributed by atoms with E-state index in [-0.39, 0.29) is 42.9 Å². The highest BCUT2D eigenvalue weighted by Gasteiger charge is 2.44. The Morgan fingerprint density at radius 2 is 1.69 bits per heavy atom. The van der Waals surface area contributed by atoms with Gasteiger partial charge >= 0.3 is 6.03 Å². The first-order valence-corrected chi connectivity index (χ1v) is 18.9. The van der Waals surface area contributed by atoms with Crippen LogP contribution < -0.4 is 5.32 Å². The van der Waals surface area contributed by atoms with E-state index in [9.17, 15) is 23.1 Å². The van der Waals surface area contributed by atoms with E-state index >= 15 is 0 Å². The van der Waals surface area contributed by atoms with Crippen LogP contribution in [0.1, 0.15) is 57.1 Å². The van der Waals surface area contributed by atoms with E-state index < -0.39 is 39.5 Å². The number of aliphatic hydroxyl groups is 1. The van der Waals surface area contributed by atoms with Crippen molar-refractivity contribution in [3.8, 4) is 0 Å². The number of carbonyl (C=O) groups excluding carboxylic acids is 2. The molecule has 14 heteroatoms. The predicted molar refractivity (Wildman–Crippen MR) is 198 cm³/mol. The average Bonchev–Trinajstić information content (AvgIpc) is 3.42. The van der Waals surface area contributed by atoms with Crippen molar-refractivity contribution in [2.24, 2.45) is 16.5 Å². The van der Waals surface area contributed by atoms with Crippen molar-refractivity contribution in [2.45, 2.75) is 77.3 Å². The Morgan fingerprint density at radius 3 is 2.31 bits per heavy atom. The van der Waals surface area contributed by atoms with Crippen molar-refractivity contribution in [2.75, 3.05) is 33.3 Å². The number of methoxy groups -OCH3 is 1. The monoisotopic (exact) mass is 736 g/mol. The smallest absolute Gasteiger partial charge is 0.321 e. The van der Waals surface area contributed by atoms with Crippen molar-refractivity contribution in [1.29, 1.82) is 0 Å². The Labute approximate surface area is 307 Å². The molecule has 0 aliphatic carbocycles. The van der Waals surface area contributed by atoms with E-state index in [1.165, 1.54) is 34.8 Å². The van der Waals surface area contributed by atoms with Gasteiger partial charge in [0.05, 0.1) is 47.8 Å². The predicted octanol–water partition coefficient (Wildman–Crippen LogP) is 4.12. The Kier molecular flexibility index (Phi) is 13.9. The standard InChI is InChI=1S/C38H52N6O7S/c1-27(2)23-43(52(49,50)32-17-15-29(16-18-32)22-39-48)25-34(45)33(21-28-11-8-7-9-12-28)41-36(46)35(38(3,4)5)44-20-19-42(37(44)47)24-30-13-10-14-31(40-30)26-51-6/h7-18,22,27,33-35,45,48H,19-21,23-26H2,1-6H3,(H,41,46)/b39-22+/t33-,34+,35?/m0/s1. The fraction of sp³-hybridized carbons (Fsp3) is 0.474. The molecule has 3 atom stereocenters. The Hall–Kier alpha value is -4.37. The van der Waals surface area contributed by atoms with Gasteiger partial charge in [-0.25, -0.2) is 13.2 Å². The van der Waals surface area contributed by atoms with E-state index in [0.717, 1.165) is 11.3 Å². The topological polar surface area (TPSA) is 165 Å². The normalized spacial score (nSPS) is 15.8. The fourth-order valence-corrected chi connectivity index (χ4v) is 8.02. The number of sulfonamides is 1. The lowest BCUT2D eigenvalue weighted by atomic mass is 9.84. The maximum Gasteiger partial charge on any atom is 0.321 e. The van der Waals surface area contributed by atoms with Gasteiger partial charge in [0.15, 0.2) is 0 Å². The van der Waals surface area contributed by atoms with E-state index in [0.29, 0.717) is 31.0 Å². The summed E-state index contributed by atoms with van der Waals surface area (Å²) in [6, 6.07) is 18.7. The molecule has 4 rings (SSSR count). The van der Waals surface area contributed by atoms with Crippen LogP contribution in [0.3, 0.4) is 0 Å². The van der Waals surface area contributed by atoms with Crippen LogP contribution in [0.15, 0.2) is 82.8 Å². The summed E-state index contributed by atoms with van der Waals surface area (Å²) in [6.07, 6.45) is 0.106. The number of pyridine rings is 1. The van der Waals surface area contributed by atoms with Gasteiger partial charge in [-0.3, -0.25) is 9.78 Å². The Balaban J connectivity index is 1.59. The fourth-order valence-electron chi connectivity index (χ4n) is 6.40. The molecule has 13 nitrogen and oxygen atoms in total.